The molecule has 0 heterocycles. The zero-order valence-corrected chi connectivity index (χ0v) is 16.3. The molecule has 0 aliphatic heterocycles. The van der Waals surface area contributed by atoms with E-state index in [2.05, 4.69) is 13.5 Å². The highest BCUT2D eigenvalue weighted by Gasteiger charge is 2.58. The predicted octanol–water partition coefficient (Wildman–Crippen LogP) is 3.90. The summed E-state index contributed by atoms with van der Waals surface area (Å²) < 4.78 is 30.5. The second kappa shape index (κ2) is 12.1. The van der Waals surface area contributed by atoms with Crippen LogP contribution in [0.25, 0.3) is 0 Å². The van der Waals surface area contributed by atoms with E-state index in [0.717, 1.165) is 31.8 Å². The standard InChI is InChI=1S/C18H32O7S/c1-3-5-6-7-8-9-10-11-12-14-18(17(21)22,26(23,24)25)15(13-4-2)16(19)20/h4,15H,2-3,5-14H2,1H3,(H,19,20)(H,21,22)(H,23,24,25). The Morgan fingerprint density at radius 1 is 1.00 bits per heavy atom. The van der Waals surface area contributed by atoms with Crippen LogP contribution in [0, 0.1) is 5.92 Å². The number of aliphatic carboxylic acids is 2. The van der Waals surface area contributed by atoms with Crippen molar-refractivity contribution in [1.29, 1.82) is 0 Å². The first-order valence-corrected chi connectivity index (χ1v) is 10.6. The molecule has 0 saturated carbocycles. The third-order valence-electron chi connectivity index (χ3n) is 4.74. The fourth-order valence-electron chi connectivity index (χ4n) is 3.20. The zero-order chi connectivity index (χ0) is 20.2. The summed E-state index contributed by atoms with van der Waals surface area (Å²) >= 11 is 0. The van der Waals surface area contributed by atoms with Crippen LogP contribution in [0.4, 0.5) is 0 Å². The molecule has 26 heavy (non-hydrogen) atoms. The number of carboxylic acid groups (broad SMARTS) is 2. The average Bonchev–Trinajstić information content (AvgIpc) is 2.53. The average molecular weight is 393 g/mol. The molecule has 0 rings (SSSR count). The molecule has 0 aromatic rings. The van der Waals surface area contributed by atoms with Crippen molar-refractivity contribution in [3.8, 4) is 0 Å². The van der Waals surface area contributed by atoms with E-state index < -0.39 is 39.1 Å². The van der Waals surface area contributed by atoms with E-state index in [9.17, 15) is 32.8 Å². The highest BCUT2D eigenvalue weighted by molar-refractivity contribution is 7.88. The first kappa shape index (κ1) is 24.6. The van der Waals surface area contributed by atoms with Crippen molar-refractivity contribution in [1.82, 2.24) is 0 Å². The zero-order valence-electron chi connectivity index (χ0n) is 15.5. The molecule has 2 unspecified atom stereocenters. The van der Waals surface area contributed by atoms with Crippen molar-refractivity contribution in [2.75, 3.05) is 0 Å². The Morgan fingerprint density at radius 2 is 1.46 bits per heavy atom. The topological polar surface area (TPSA) is 129 Å². The van der Waals surface area contributed by atoms with Gasteiger partial charge in [-0.05, 0) is 12.8 Å². The van der Waals surface area contributed by atoms with Gasteiger partial charge in [-0.15, -0.1) is 6.58 Å². The van der Waals surface area contributed by atoms with Crippen LogP contribution >= 0.6 is 0 Å². The molecule has 0 amide bonds. The Hall–Kier alpha value is -1.41. The third kappa shape index (κ3) is 7.07. The van der Waals surface area contributed by atoms with Gasteiger partial charge in [-0.1, -0.05) is 70.8 Å². The van der Waals surface area contributed by atoms with E-state index in [1.807, 2.05) is 0 Å². The lowest BCUT2D eigenvalue weighted by molar-refractivity contribution is -0.152. The number of unbranched alkanes of at least 4 members (excludes halogenated alkanes) is 8. The first-order valence-electron chi connectivity index (χ1n) is 9.19. The predicted molar refractivity (Wildman–Crippen MR) is 99.7 cm³/mol. The number of hydrogen-bond donors (Lipinski definition) is 3. The van der Waals surface area contributed by atoms with Crippen molar-refractivity contribution >= 4 is 22.1 Å². The minimum Gasteiger partial charge on any atom is -0.481 e. The Labute approximate surface area is 156 Å². The summed E-state index contributed by atoms with van der Waals surface area (Å²) in [6.07, 6.45) is 8.67. The van der Waals surface area contributed by atoms with E-state index in [4.69, 9.17) is 0 Å². The minimum absolute atomic E-state index is 0.210. The maximum Gasteiger partial charge on any atom is 0.328 e. The van der Waals surface area contributed by atoms with Gasteiger partial charge in [0.25, 0.3) is 10.1 Å². The molecule has 152 valence electrons. The van der Waals surface area contributed by atoms with Crippen LogP contribution < -0.4 is 0 Å². The summed E-state index contributed by atoms with van der Waals surface area (Å²) in [6, 6.07) is 0. The first-order chi connectivity index (χ1) is 12.1. The fraction of sp³-hybridized carbons (Fsp3) is 0.778. The molecular weight excluding hydrogens is 360 g/mol. The van der Waals surface area contributed by atoms with Crippen molar-refractivity contribution in [3.05, 3.63) is 12.7 Å². The van der Waals surface area contributed by atoms with Crippen LogP contribution in [0.1, 0.15) is 77.6 Å². The van der Waals surface area contributed by atoms with E-state index in [1.54, 1.807) is 0 Å². The molecule has 0 radical (unpaired) electrons. The molecule has 0 spiro atoms. The lowest BCUT2D eigenvalue weighted by Crippen LogP contribution is -2.54. The van der Waals surface area contributed by atoms with Gasteiger partial charge < -0.3 is 10.2 Å². The van der Waals surface area contributed by atoms with E-state index in [1.165, 1.54) is 19.3 Å². The number of carbonyl (C=O) groups is 2. The van der Waals surface area contributed by atoms with Gasteiger partial charge in [-0.2, -0.15) is 8.42 Å². The summed E-state index contributed by atoms with van der Waals surface area (Å²) in [6.45, 7) is 5.50. The summed E-state index contributed by atoms with van der Waals surface area (Å²) in [5.74, 6) is -5.21. The molecule has 0 aliphatic rings. The maximum atomic E-state index is 11.9. The molecule has 0 aliphatic carbocycles. The largest absolute Gasteiger partial charge is 0.481 e. The van der Waals surface area contributed by atoms with Crippen LogP contribution in [0.15, 0.2) is 12.7 Å². The second-order valence-corrected chi connectivity index (χ2v) is 8.34. The van der Waals surface area contributed by atoms with Gasteiger partial charge in [0, 0.05) is 0 Å². The van der Waals surface area contributed by atoms with Crippen LogP contribution in [0.5, 0.6) is 0 Å². The third-order valence-corrected chi connectivity index (χ3v) is 6.32. The molecule has 0 aromatic carbocycles. The monoisotopic (exact) mass is 392 g/mol. The number of allylic oxidation sites excluding steroid dienone is 1. The molecular formula is C18H32O7S. The van der Waals surface area contributed by atoms with Gasteiger partial charge in [0.05, 0.1) is 5.92 Å². The maximum absolute atomic E-state index is 11.9. The Kier molecular flexibility index (Phi) is 11.4. The number of carboxylic acids is 2. The quantitative estimate of drug-likeness (QED) is 0.206. The van der Waals surface area contributed by atoms with Gasteiger partial charge in [0.1, 0.15) is 0 Å². The second-order valence-electron chi connectivity index (χ2n) is 6.66. The van der Waals surface area contributed by atoms with Gasteiger partial charge in [0.2, 0.25) is 4.75 Å². The van der Waals surface area contributed by atoms with Crippen molar-refractivity contribution in [3.63, 3.8) is 0 Å². The molecule has 0 aromatic heterocycles. The van der Waals surface area contributed by atoms with E-state index in [-0.39, 0.29) is 12.8 Å². The van der Waals surface area contributed by atoms with Crippen molar-refractivity contribution < 1.29 is 32.8 Å². The summed E-state index contributed by atoms with van der Waals surface area (Å²) in [7, 11) is -5.13. The minimum atomic E-state index is -5.13. The summed E-state index contributed by atoms with van der Waals surface area (Å²) in [5.41, 5.74) is 0. The van der Waals surface area contributed by atoms with E-state index in [0.29, 0.717) is 6.42 Å². The molecule has 8 heteroatoms. The molecule has 7 nitrogen and oxygen atoms in total. The fourth-order valence-corrected chi connectivity index (χ4v) is 4.38. The van der Waals surface area contributed by atoms with Crippen LogP contribution in [0.3, 0.4) is 0 Å². The Bertz CT molecular complexity index is 556. The van der Waals surface area contributed by atoms with Crippen molar-refractivity contribution in [2.24, 2.45) is 5.92 Å². The van der Waals surface area contributed by atoms with Gasteiger partial charge in [-0.25, -0.2) is 0 Å². The molecule has 0 saturated heterocycles. The van der Waals surface area contributed by atoms with Gasteiger partial charge in [-0.3, -0.25) is 14.1 Å². The molecule has 3 N–H and O–H groups in total. The smallest absolute Gasteiger partial charge is 0.328 e. The SMILES string of the molecule is C=CCC(C(=O)O)C(CCCCCCCCCCC)(C(=O)O)S(=O)(=O)O. The normalized spacial score (nSPS) is 15.2. The number of rotatable bonds is 16. The van der Waals surface area contributed by atoms with Gasteiger partial charge >= 0.3 is 11.9 Å². The molecule has 2 atom stereocenters. The molecule has 0 fully saturated rings. The highest BCUT2D eigenvalue weighted by Crippen LogP contribution is 2.36. The Balaban J connectivity index is 4.93. The lowest BCUT2D eigenvalue weighted by atomic mass is 9.84. The lowest BCUT2D eigenvalue weighted by Gasteiger charge is -2.31. The molecule has 0 bridgehead atoms. The number of hydrogen-bond acceptors (Lipinski definition) is 4. The van der Waals surface area contributed by atoms with Crippen LogP contribution in [0.2, 0.25) is 0 Å². The summed E-state index contributed by atoms with van der Waals surface area (Å²) in [4.78, 5) is 23.2. The van der Waals surface area contributed by atoms with E-state index >= 15 is 0 Å². The van der Waals surface area contributed by atoms with Gasteiger partial charge in [0.15, 0.2) is 0 Å². The van der Waals surface area contributed by atoms with Crippen molar-refractivity contribution in [2.45, 2.75) is 82.3 Å². The Morgan fingerprint density at radius 3 is 1.81 bits per heavy atom. The summed E-state index contributed by atoms with van der Waals surface area (Å²) in [5, 5.41) is 18.8. The van der Waals surface area contributed by atoms with Crippen LogP contribution in [-0.4, -0.2) is 39.9 Å². The van der Waals surface area contributed by atoms with Crippen LogP contribution in [-0.2, 0) is 19.7 Å². The highest BCUT2D eigenvalue weighted by atomic mass is 32.2.